The standard InChI is InChI=1S/C25H22F3N5O/c1-16-22(21-12-13-30-33(21)19-10-8-17(15-29)9-11-19)24(2,3)31(4)23(34)32(16)20-7-5-6-18(14-20)25(26,27)28/h5-14H,1-4H3. The predicted molar refractivity (Wildman–Crippen MR) is 122 cm³/mol. The Morgan fingerprint density at radius 1 is 1.03 bits per heavy atom. The van der Waals surface area contributed by atoms with Crippen molar-refractivity contribution in [1.82, 2.24) is 14.7 Å². The predicted octanol–water partition coefficient (Wildman–Crippen LogP) is 5.84. The van der Waals surface area contributed by atoms with Crippen LogP contribution in [0.1, 0.15) is 37.6 Å². The number of nitrogens with zero attached hydrogens (tertiary/aromatic N) is 5. The summed E-state index contributed by atoms with van der Waals surface area (Å²) >= 11 is 0. The van der Waals surface area contributed by atoms with Crippen molar-refractivity contribution in [1.29, 1.82) is 5.26 Å². The molecule has 1 aliphatic rings. The summed E-state index contributed by atoms with van der Waals surface area (Å²) in [5.41, 5.74) is 1.64. The molecule has 0 saturated heterocycles. The molecular weight excluding hydrogens is 443 g/mol. The van der Waals surface area contributed by atoms with Gasteiger partial charge >= 0.3 is 12.2 Å². The molecule has 3 aromatic rings. The van der Waals surface area contributed by atoms with Crippen molar-refractivity contribution in [2.75, 3.05) is 11.9 Å². The highest BCUT2D eigenvalue weighted by atomic mass is 19.4. The Morgan fingerprint density at radius 2 is 1.71 bits per heavy atom. The number of amides is 2. The Kier molecular flexibility index (Phi) is 5.48. The van der Waals surface area contributed by atoms with Crippen molar-refractivity contribution < 1.29 is 18.0 Å². The molecule has 0 fully saturated rings. The van der Waals surface area contributed by atoms with Gasteiger partial charge in [0.05, 0.1) is 46.0 Å². The first-order valence-electron chi connectivity index (χ1n) is 10.5. The van der Waals surface area contributed by atoms with Crippen molar-refractivity contribution in [3.63, 3.8) is 0 Å². The molecule has 0 unspecified atom stereocenters. The molecule has 2 amide bonds. The van der Waals surface area contributed by atoms with Crippen LogP contribution < -0.4 is 4.90 Å². The van der Waals surface area contributed by atoms with Crippen LogP contribution in [0.3, 0.4) is 0 Å². The summed E-state index contributed by atoms with van der Waals surface area (Å²) in [6.07, 6.45) is -2.91. The van der Waals surface area contributed by atoms with Crippen LogP contribution in [-0.4, -0.2) is 33.3 Å². The van der Waals surface area contributed by atoms with E-state index in [0.29, 0.717) is 22.6 Å². The number of hydrogen-bond acceptors (Lipinski definition) is 3. The van der Waals surface area contributed by atoms with E-state index in [1.807, 2.05) is 13.8 Å². The third kappa shape index (κ3) is 3.71. The van der Waals surface area contributed by atoms with Gasteiger partial charge in [-0.25, -0.2) is 9.48 Å². The Morgan fingerprint density at radius 3 is 2.32 bits per heavy atom. The zero-order valence-corrected chi connectivity index (χ0v) is 19.1. The normalized spacial score (nSPS) is 16.1. The molecule has 0 saturated carbocycles. The number of likely N-dealkylation sites (N-methyl/N-ethyl adjacent to an activating group) is 1. The number of aromatic nitrogens is 2. The van der Waals surface area contributed by atoms with Crippen molar-refractivity contribution in [2.24, 2.45) is 0 Å². The Hall–Kier alpha value is -4.06. The number of carbonyl (C=O) groups is 1. The molecule has 0 radical (unpaired) electrons. The lowest BCUT2D eigenvalue weighted by Gasteiger charge is -2.47. The van der Waals surface area contributed by atoms with Gasteiger partial charge in [0.15, 0.2) is 0 Å². The van der Waals surface area contributed by atoms with Crippen LogP contribution in [0, 0.1) is 11.3 Å². The van der Waals surface area contributed by atoms with Crippen LogP contribution in [-0.2, 0) is 6.18 Å². The minimum atomic E-state index is -4.53. The lowest BCUT2D eigenvalue weighted by molar-refractivity contribution is -0.137. The topological polar surface area (TPSA) is 65.2 Å². The van der Waals surface area contributed by atoms with E-state index >= 15 is 0 Å². The zero-order valence-electron chi connectivity index (χ0n) is 19.1. The van der Waals surface area contributed by atoms with Gasteiger partial charge in [-0.2, -0.15) is 23.5 Å². The van der Waals surface area contributed by atoms with Crippen molar-refractivity contribution in [3.05, 3.63) is 83.3 Å². The highest BCUT2D eigenvalue weighted by Gasteiger charge is 2.44. The van der Waals surface area contributed by atoms with Crippen LogP contribution in [0.15, 0.2) is 66.5 Å². The van der Waals surface area contributed by atoms with E-state index in [1.54, 1.807) is 55.2 Å². The molecule has 1 aromatic heterocycles. The van der Waals surface area contributed by atoms with Gasteiger partial charge in [-0.3, -0.25) is 4.90 Å². The second-order valence-corrected chi connectivity index (χ2v) is 8.53. The number of nitriles is 1. The zero-order chi connectivity index (χ0) is 24.8. The minimum absolute atomic E-state index is 0.126. The van der Waals surface area contributed by atoms with Crippen molar-refractivity contribution in [3.8, 4) is 11.8 Å². The maximum absolute atomic E-state index is 13.4. The molecule has 174 valence electrons. The number of anilines is 1. The van der Waals surface area contributed by atoms with E-state index in [9.17, 15) is 18.0 Å². The lowest BCUT2D eigenvalue weighted by atomic mass is 9.85. The third-order valence-electron chi connectivity index (χ3n) is 6.20. The van der Waals surface area contributed by atoms with E-state index in [1.165, 1.54) is 21.9 Å². The van der Waals surface area contributed by atoms with Crippen molar-refractivity contribution in [2.45, 2.75) is 32.5 Å². The summed E-state index contributed by atoms with van der Waals surface area (Å²) in [5, 5.41) is 13.5. The number of benzene rings is 2. The maximum atomic E-state index is 13.4. The molecule has 34 heavy (non-hydrogen) atoms. The summed E-state index contributed by atoms with van der Waals surface area (Å²) < 4.78 is 41.8. The summed E-state index contributed by atoms with van der Waals surface area (Å²) in [5.74, 6) is 0. The molecule has 4 rings (SSSR count). The van der Waals surface area contributed by atoms with E-state index in [0.717, 1.165) is 17.7 Å². The van der Waals surface area contributed by atoms with Gasteiger partial charge in [0.1, 0.15) is 0 Å². The van der Waals surface area contributed by atoms with Gasteiger partial charge in [0, 0.05) is 18.3 Å². The molecular formula is C25H22F3N5O. The van der Waals surface area contributed by atoms with Crippen LogP contribution in [0.25, 0.3) is 11.3 Å². The first-order chi connectivity index (χ1) is 16.0. The average molecular weight is 465 g/mol. The number of alkyl halides is 3. The fourth-order valence-electron chi connectivity index (χ4n) is 4.25. The summed E-state index contributed by atoms with van der Waals surface area (Å²) in [6.45, 7) is 5.48. The van der Waals surface area contributed by atoms with Crippen LogP contribution in [0.5, 0.6) is 0 Å². The molecule has 0 bridgehead atoms. The largest absolute Gasteiger partial charge is 0.416 e. The van der Waals surface area contributed by atoms with Crippen LogP contribution >= 0.6 is 0 Å². The number of hydrogen-bond donors (Lipinski definition) is 0. The number of halogens is 3. The molecule has 0 aliphatic carbocycles. The SMILES string of the molecule is CC1=C(c2ccnn2-c2ccc(C#N)cc2)C(C)(C)N(C)C(=O)N1c1cccc(C(F)(F)F)c1. The maximum Gasteiger partial charge on any atom is 0.416 e. The summed E-state index contributed by atoms with van der Waals surface area (Å²) in [6, 6.07) is 15.1. The smallest absolute Gasteiger partial charge is 0.318 e. The van der Waals surface area contributed by atoms with E-state index in [-0.39, 0.29) is 5.69 Å². The van der Waals surface area contributed by atoms with Crippen LogP contribution in [0.2, 0.25) is 0 Å². The van der Waals surface area contributed by atoms with Gasteiger partial charge in [-0.05, 0) is 69.3 Å². The average Bonchev–Trinajstić information content (AvgIpc) is 3.26. The second-order valence-electron chi connectivity index (χ2n) is 8.53. The molecule has 2 aromatic carbocycles. The van der Waals surface area contributed by atoms with Gasteiger partial charge in [0.2, 0.25) is 0 Å². The molecule has 2 heterocycles. The van der Waals surface area contributed by atoms with E-state index < -0.39 is 23.3 Å². The summed E-state index contributed by atoms with van der Waals surface area (Å²) in [4.78, 5) is 16.1. The monoisotopic (exact) mass is 465 g/mol. The fourth-order valence-corrected chi connectivity index (χ4v) is 4.25. The molecule has 0 spiro atoms. The first kappa shape index (κ1) is 23.1. The quantitative estimate of drug-likeness (QED) is 0.488. The number of carbonyl (C=O) groups excluding carboxylic acids is 1. The molecule has 6 nitrogen and oxygen atoms in total. The highest BCUT2D eigenvalue weighted by Crippen LogP contribution is 2.43. The Bertz CT molecular complexity index is 1330. The minimum Gasteiger partial charge on any atom is -0.318 e. The number of allylic oxidation sites excluding steroid dienone is 1. The number of urea groups is 1. The molecule has 9 heteroatoms. The first-order valence-corrected chi connectivity index (χ1v) is 10.5. The lowest BCUT2D eigenvalue weighted by Crippen LogP contribution is -2.56. The molecule has 1 aliphatic heterocycles. The van der Waals surface area contributed by atoms with Gasteiger partial charge in [-0.15, -0.1) is 0 Å². The van der Waals surface area contributed by atoms with Gasteiger partial charge < -0.3 is 4.90 Å². The second kappa shape index (κ2) is 8.06. The molecule has 0 atom stereocenters. The summed E-state index contributed by atoms with van der Waals surface area (Å²) in [7, 11) is 1.62. The van der Waals surface area contributed by atoms with E-state index in [4.69, 9.17) is 5.26 Å². The van der Waals surface area contributed by atoms with E-state index in [2.05, 4.69) is 11.2 Å². The third-order valence-corrected chi connectivity index (χ3v) is 6.20. The van der Waals surface area contributed by atoms with Crippen molar-refractivity contribution >= 4 is 17.3 Å². The fraction of sp³-hybridized carbons (Fsp3) is 0.240. The Balaban J connectivity index is 1.92. The van der Waals surface area contributed by atoms with Crippen LogP contribution in [0.4, 0.5) is 23.7 Å². The molecule has 0 N–H and O–H groups in total. The van der Waals surface area contributed by atoms with Gasteiger partial charge in [0.25, 0.3) is 0 Å². The Labute approximate surface area is 195 Å². The van der Waals surface area contributed by atoms with Gasteiger partial charge in [-0.1, -0.05) is 6.07 Å². The number of rotatable bonds is 3. The highest BCUT2D eigenvalue weighted by molar-refractivity contribution is 6.02.